The van der Waals surface area contributed by atoms with Crippen molar-refractivity contribution in [1.82, 2.24) is 0 Å². The second-order valence-electron chi connectivity index (χ2n) is 3.90. The van der Waals surface area contributed by atoms with Gasteiger partial charge in [0.1, 0.15) is 17.3 Å². The minimum Gasteiger partial charge on any atom is -0.616 e. The molecule has 0 bridgehead atoms. The first-order chi connectivity index (χ1) is 7.16. The second-order valence-corrected chi connectivity index (χ2v) is 5.60. The van der Waals surface area contributed by atoms with E-state index in [-0.39, 0.29) is 11.7 Å². The minimum atomic E-state index is -0.693. The summed E-state index contributed by atoms with van der Waals surface area (Å²) in [4.78, 5) is 0. The molecule has 2 N–H and O–H groups in total. The van der Waals surface area contributed by atoms with Crippen molar-refractivity contribution in [3.05, 3.63) is 29.6 Å². The van der Waals surface area contributed by atoms with E-state index in [2.05, 4.69) is 0 Å². The molecule has 0 aliphatic carbocycles. The number of nitrogens with two attached hydrogens (primary N) is 1. The number of hydrogen-bond acceptors (Lipinski definition) is 2. The lowest BCUT2D eigenvalue weighted by molar-refractivity contribution is 0.526. The van der Waals surface area contributed by atoms with Crippen LogP contribution in [0.4, 0.5) is 10.1 Å². The van der Waals surface area contributed by atoms with Gasteiger partial charge in [0.2, 0.25) is 0 Å². The standard InChI is InChI=1S/C11H14FNOS/c12-11-7-9(13)1-2-10(11)8-3-5-15(14)6-4-8/h1-2,7-8H,3-6,13H2/t8-,15+. The summed E-state index contributed by atoms with van der Waals surface area (Å²) in [6, 6.07) is 4.84. The number of rotatable bonds is 1. The van der Waals surface area contributed by atoms with Gasteiger partial charge in [-0.15, -0.1) is 0 Å². The molecule has 15 heavy (non-hydrogen) atoms. The Labute approximate surface area is 91.9 Å². The van der Waals surface area contributed by atoms with Gasteiger partial charge in [-0.2, -0.15) is 0 Å². The van der Waals surface area contributed by atoms with E-state index in [0.29, 0.717) is 17.2 Å². The van der Waals surface area contributed by atoms with E-state index in [9.17, 15) is 8.94 Å². The zero-order valence-electron chi connectivity index (χ0n) is 8.41. The first-order valence-corrected chi connectivity index (χ1v) is 6.55. The monoisotopic (exact) mass is 227 g/mol. The smallest absolute Gasteiger partial charge is 0.128 e. The van der Waals surface area contributed by atoms with E-state index in [1.165, 1.54) is 6.07 Å². The highest BCUT2D eigenvalue weighted by Crippen LogP contribution is 2.31. The maximum atomic E-state index is 13.6. The third kappa shape index (κ3) is 2.44. The Bertz CT molecular complexity index is 350. The highest BCUT2D eigenvalue weighted by Gasteiger charge is 2.24. The lowest BCUT2D eigenvalue weighted by Crippen LogP contribution is -2.22. The van der Waals surface area contributed by atoms with Crippen LogP contribution in [-0.4, -0.2) is 16.1 Å². The Morgan fingerprint density at radius 2 is 2.00 bits per heavy atom. The van der Waals surface area contributed by atoms with Gasteiger partial charge in [-0.05, 0) is 36.5 Å². The third-order valence-electron chi connectivity index (χ3n) is 2.85. The number of nitrogen functional groups attached to an aromatic ring is 1. The van der Waals surface area contributed by atoms with Crippen LogP contribution in [0.15, 0.2) is 18.2 Å². The average molecular weight is 227 g/mol. The Morgan fingerprint density at radius 3 is 2.60 bits per heavy atom. The van der Waals surface area contributed by atoms with Crippen LogP contribution in [0.25, 0.3) is 0 Å². The zero-order valence-corrected chi connectivity index (χ0v) is 9.23. The first kappa shape index (κ1) is 10.8. The SMILES string of the molecule is Nc1ccc([C@H]2CC[S@@+]([O-])CC2)c(F)c1. The predicted molar refractivity (Wildman–Crippen MR) is 60.7 cm³/mol. The van der Waals surface area contributed by atoms with Crippen molar-refractivity contribution in [2.45, 2.75) is 18.8 Å². The van der Waals surface area contributed by atoms with Gasteiger partial charge in [0, 0.05) is 5.69 Å². The van der Waals surface area contributed by atoms with E-state index in [1.807, 2.05) is 0 Å². The summed E-state index contributed by atoms with van der Waals surface area (Å²) in [5, 5.41) is 0. The van der Waals surface area contributed by atoms with Crippen LogP contribution < -0.4 is 5.73 Å². The minimum absolute atomic E-state index is 0.211. The van der Waals surface area contributed by atoms with Crippen LogP contribution in [0.5, 0.6) is 0 Å². The molecule has 1 aliphatic heterocycles. The molecule has 0 spiro atoms. The fraction of sp³-hybridized carbons (Fsp3) is 0.455. The molecule has 82 valence electrons. The Balaban J connectivity index is 2.15. The van der Waals surface area contributed by atoms with E-state index < -0.39 is 11.2 Å². The molecule has 0 amide bonds. The topological polar surface area (TPSA) is 49.1 Å². The fourth-order valence-corrected chi connectivity index (χ4v) is 3.28. The lowest BCUT2D eigenvalue weighted by Gasteiger charge is -2.24. The van der Waals surface area contributed by atoms with Gasteiger partial charge < -0.3 is 10.3 Å². The van der Waals surface area contributed by atoms with Gasteiger partial charge in [0.05, 0.1) is 0 Å². The molecule has 1 fully saturated rings. The van der Waals surface area contributed by atoms with E-state index in [4.69, 9.17) is 5.73 Å². The average Bonchev–Trinajstić information content (AvgIpc) is 2.20. The van der Waals surface area contributed by atoms with E-state index in [1.54, 1.807) is 12.1 Å². The van der Waals surface area contributed by atoms with Crippen molar-refractivity contribution < 1.29 is 8.94 Å². The van der Waals surface area contributed by atoms with Gasteiger partial charge >= 0.3 is 0 Å². The van der Waals surface area contributed by atoms with Gasteiger partial charge in [-0.1, -0.05) is 17.2 Å². The van der Waals surface area contributed by atoms with E-state index in [0.717, 1.165) is 18.4 Å². The highest BCUT2D eigenvalue weighted by molar-refractivity contribution is 7.91. The number of benzene rings is 1. The van der Waals surface area contributed by atoms with Crippen molar-refractivity contribution in [3.8, 4) is 0 Å². The fourth-order valence-electron chi connectivity index (χ4n) is 1.98. The van der Waals surface area contributed by atoms with Crippen LogP contribution in [0.2, 0.25) is 0 Å². The molecule has 0 saturated carbocycles. The number of anilines is 1. The van der Waals surface area contributed by atoms with Gasteiger partial charge in [0.15, 0.2) is 0 Å². The normalized spacial score (nSPS) is 26.5. The van der Waals surface area contributed by atoms with Crippen molar-refractivity contribution in [2.75, 3.05) is 17.2 Å². The molecule has 1 heterocycles. The summed E-state index contributed by atoms with van der Waals surface area (Å²) < 4.78 is 24.8. The highest BCUT2D eigenvalue weighted by atomic mass is 32.2. The molecule has 0 aromatic heterocycles. The Morgan fingerprint density at radius 1 is 1.33 bits per heavy atom. The van der Waals surface area contributed by atoms with Gasteiger partial charge in [-0.3, -0.25) is 0 Å². The number of hydrogen-bond donors (Lipinski definition) is 1. The molecule has 0 radical (unpaired) electrons. The Hall–Kier alpha value is -0.740. The summed E-state index contributed by atoms with van der Waals surface area (Å²) >= 11 is -0.693. The van der Waals surface area contributed by atoms with Crippen LogP contribution in [0.1, 0.15) is 24.3 Å². The molecule has 4 heteroatoms. The molecule has 0 atom stereocenters. The maximum Gasteiger partial charge on any atom is 0.128 e. The molecule has 1 saturated heterocycles. The molecule has 1 aromatic rings. The molecule has 2 nitrogen and oxygen atoms in total. The van der Waals surface area contributed by atoms with Gasteiger partial charge in [0.25, 0.3) is 0 Å². The Kier molecular flexibility index (Phi) is 3.17. The van der Waals surface area contributed by atoms with Crippen LogP contribution in [0.3, 0.4) is 0 Å². The van der Waals surface area contributed by atoms with Crippen LogP contribution in [0, 0.1) is 5.82 Å². The summed E-state index contributed by atoms with van der Waals surface area (Å²) in [5.41, 5.74) is 6.67. The maximum absolute atomic E-state index is 13.6. The molecule has 1 aliphatic rings. The molecule has 0 unspecified atom stereocenters. The third-order valence-corrected chi connectivity index (χ3v) is 4.23. The van der Waals surface area contributed by atoms with Gasteiger partial charge in [-0.25, -0.2) is 4.39 Å². The summed E-state index contributed by atoms with van der Waals surface area (Å²) in [5.74, 6) is 1.36. The zero-order chi connectivity index (χ0) is 10.8. The summed E-state index contributed by atoms with van der Waals surface area (Å²) in [6.45, 7) is 0. The van der Waals surface area contributed by atoms with Crippen molar-refractivity contribution >= 4 is 16.9 Å². The van der Waals surface area contributed by atoms with Crippen molar-refractivity contribution in [1.29, 1.82) is 0 Å². The molecular formula is C11H14FNOS. The predicted octanol–water partition coefficient (Wildman–Crippen LogP) is 2.03. The van der Waals surface area contributed by atoms with Crippen LogP contribution in [-0.2, 0) is 11.2 Å². The molecular weight excluding hydrogens is 213 g/mol. The van der Waals surface area contributed by atoms with Crippen molar-refractivity contribution in [3.63, 3.8) is 0 Å². The van der Waals surface area contributed by atoms with Crippen LogP contribution >= 0.6 is 0 Å². The lowest BCUT2D eigenvalue weighted by atomic mass is 9.93. The van der Waals surface area contributed by atoms with E-state index >= 15 is 0 Å². The largest absolute Gasteiger partial charge is 0.616 e. The molecule has 2 rings (SSSR count). The molecule has 1 aromatic carbocycles. The second kappa shape index (κ2) is 4.41. The number of halogens is 1. The summed E-state index contributed by atoms with van der Waals surface area (Å²) in [7, 11) is 0. The first-order valence-electron chi connectivity index (χ1n) is 5.06. The summed E-state index contributed by atoms with van der Waals surface area (Å²) in [6.07, 6.45) is 1.63. The van der Waals surface area contributed by atoms with Crippen molar-refractivity contribution in [2.24, 2.45) is 0 Å². The quantitative estimate of drug-likeness (QED) is 0.589.